The minimum absolute atomic E-state index is 0.131. The molecule has 0 spiro atoms. The standard InChI is InChI=1S/C18H29O3P/c1-4-20-22(19,21-5-2)18(16-12-7-6-8-13-16)17-14-10-9-11-15(17)3/h9-11,14,16,18H,4-8,12-13H2,1-3H3. The first-order chi connectivity index (χ1) is 10.6. The Labute approximate surface area is 134 Å². The van der Waals surface area contributed by atoms with Gasteiger partial charge in [-0.3, -0.25) is 4.57 Å². The molecule has 1 aliphatic rings. The minimum Gasteiger partial charge on any atom is -0.308 e. The summed E-state index contributed by atoms with van der Waals surface area (Å²) < 4.78 is 25.0. The van der Waals surface area contributed by atoms with Gasteiger partial charge in [-0.15, -0.1) is 0 Å². The molecule has 0 N–H and O–H groups in total. The van der Waals surface area contributed by atoms with E-state index in [4.69, 9.17) is 9.05 Å². The van der Waals surface area contributed by atoms with Crippen LogP contribution in [0.2, 0.25) is 0 Å². The Balaban J connectivity index is 2.44. The lowest BCUT2D eigenvalue weighted by Crippen LogP contribution is -2.20. The molecule has 4 heteroatoms. The third-order valence-electron chi connectivity index (χ3n) is 4.56. The van der Waals surface area contributed by atoms with E-state index in [1.807, 2.05) is 26.0 Å². The molecule has 0 aliphatic heterocycles. The van der Waals surface area contributed by atoms with Crippen LogP contribution in [0.3, 0.4) is 0 Å². The Bertz CT molecular complexity index is 499. The summed E-state index contributed by atoms with van der Waals surface area (Å²) in [5, 5.41) is 0. The van der Waals surface area contributed by atoms with Gasteiger partial charge in [0.1, 0.15) is 0 Å². The summed E-state index contributed by atoms with van der Waals surface area (Å²) >= 11 is 0. The van der Waals surface area contributed by atoms with E-state index in [1.165, 1.54) is 24.8 Å². The van der Waals surface area contributed by atoms with Crippen molar-refractivity contribution < 1.29 is 13.6 Å². The molecule has 2 rings (SSSR count). The predicted molar refractivity (Wildman–Crippen MR) is 91.4 cm³/mol. The number of aryl methyl sites for hydroxylation is 1. The van der Waals surface area contributed by atoms with Gasteiger partial charge in [0.2, 0.25) is 0 Å². The van der Waals surface area contributed by atoms with Gasteiger partial charge in [-0.2, -0.15) is 0 Å². The molecule has 0 radical (unpaired) electrons. The first-order valence-electron chi connectivity index (χ1n) is 8.56. The lowest BCUT2D eigenvalue weighted by Gasteiger charge is -2.35. The summed E-state index contributed by atoms with van der Waals surface area (Å²) in [7, 11) is -3.15. The zero-order valence-corrected chi connectivity index (χ0v) is 15.0. The minimum atomic E-state index is -3.15. The van der Waals surface area contributed by atoms with Gasteiger partial charge in [-0.05, 0) is 50.7 Å². The molecule has 1 fully saturated rings. The molecule has 22 heavy (non-hydrogen) atoms. The van der Waals surface area contributed by atoms with E-state index >= 15 is 0 Å². The van der Waals surface area contributed by atoms with E-state index in [2.05, 4.69) is 19.1 Å². The summed E-state index contributed by atoms with van der Waals surface area (Å²) in [5.41, 5.74) is 2.19. The maximum Gasteiger partial charge on any atom is 0.338 e. The van der Waals surface area contributed by atoms with E-state index in [-0.39, 0.29) is 5.66 Å². The Hall–Kier alpha value is -0.630. The molecule has 0 bridgehead atoms. The SMILES string of the molecule is CCOP(=O)(OCC)C(c1ccccc1C)C1CCCCC1. The maximum atomic E-state index is 13.5. The highest BCUT2D eigenvalue weighted by Gasteiger charge is 2.42. The molecule has 0 heterocycles. The molecule has 1 aliphatic carbocycles. The lowest BCUT2D eigenvalue weighted by atomic mass is 9.83. The van der Waals surface area contributed by atoms with E-state index in [9.17, 15) is 4.57 Å². The molecule has 1 aromatic carbocycles. The summed E-state index contributed by atoms with van der Waals surface area (Å²) in [6.07, 6.45) is 5.94. The van der Waals surface area contributed by atoms with E-state index in [0.717, 1.165) is 18.4 Å². The number of hydrogen-bond donors (Lipinski definition) is 0. The van der Waals surface area contributed by atoms with Gasteiger partial charge in [0.25, 0.3) is 0 Å². The number of benzene rings is 1. The van der Waals surface area contributed by atoms with Gasteiger partial charge in [-0.25, -0.2) is 0 Å². The Morgan fingerprint density at radius 3 is 2.23 bits per heavy atom. The number of hydrogen-bond acceptors (Lipinski definition) is 3. The van der Waals surface area contributed by atoms with Crippen molar-refractivity contribution in [2.45, 2.75) is 58.5 Å². The molecular weight excluding hydrogens is 295 g/mol. The van der Waals surface area contributed by atoms with Crippen LogP contribution >= 0.6 is 7.60 Å². The fourth-order valence-electron chi connectivity index (χ4n) is 3.61. The molecule has 0 saturated heterocycles. The average Bonchev–Trinajstić information content (AvgIpc) is 2.51. The summed E-state index contributed by atoms with van der Waals surface area (Å²) in [5.74, 6) is 0.388. The Morgan fingerprint density at radius 1 is 1.09 bits per heavy atom. The molecular formula is C18H29O3P. The third-order valence-corrected chi connectivity index (χ3v) is 7.18. The van der Waals surface area contributed by atoms with Crippen molar-refractivity contribution in [1.82, 2.24) is 0 Å². The van der Waals surface area contributed by atoms with Crippen molar-refractivity contribution in [2.24, 2.45) is 5.92 Å². The van der Waals surface area contributed by atoms with E-state index < -0.39 is 7.60 Å². The van der Waals surface area contributed by atoms with Crippen LogP contribution in [0.1, 0.15) is 62.7 Å². The molecule has 1 atom stereocenters. The maximum absolute atomic E-state index is 13.5. The van der Waals surface area contributed by atoms with Crippen molar-refractivity contribution in [3.8, 4) is 0 Å². The zero-order chi connectivity index (χ0) is 16.0. The van der Waals surface area contributed by atoms with Gasteiger partial charge in [0.05, 0.1) is 18.9 Å². The van der Waals surface area contributed by atoms with Crippen LogP contribution in [0, 0.1) is 12.8 Å². The topological polar surface area (TPSA) is 35.5 Å². The van der Waals surface area contributed by atoms with Gasteiger partial charge < -0.3 is 9.05 Å². The fraction of sp³-hybridized carbons (Fsp3) is 0.667. The molecule has 0 amide bonds. The molecule has 124 valence electrons. The summed E-state index contributed by atoms with van der Waals surface area (Å²) in [6, 6.07) is 8.25. The second-order valence-electron chi connectivity index (χ2n) is 6.07. The summed E-state index contributed by atoms with van der Waals surface area (Å²) in [4.78, 5) is 0. The Morgan fingerprint density at radius 2 is 1.68 bits per heavy atom. The highest BCUT2D eigenvalue weighted by Crippen LogP contribution is 2.66. The zero-order valence-electron chi connectivity index (χ0n) is 14.1. The van der Waals surface area contributed by atoms with Crippen LogP contribution in [0.25, 0.3) is 0 Å². The fourth-order valence-corrected chi connectivity index (χ4v) is 6.17. The predicted octanol–water partition coefficient (Wildman–Crippen LogP) is 5.88. The van der Waals surface area contributed by atoms with Crippen LogP contribution in [-0.4, -0.2) is 13.2 Å². The van der Waals surface area contributed by atoms with Gasteiger partial charge in [-0.1, -0.05) is 43.5 Å². The molecule has 1 aromatic rings. The average molecular weight is 324 g/mol. The highest BCUT2D eigenvalue weighted by atomic mass is 31.2. The quantitative estimate of drug-likeness (QED) is 0.587. The largest absolute Gasteiger partial charge is 0.338 e. The van der Waals surface area contributed by atoms with Crippen LogP contribution < -0.4 is 0 Å². The molecule has 1 saturated carbocycles. The summed E-state index contributed by atoms with van der Waals surface area (Å²) in [6.45, 7) is 6.72. The van der Waals surface area contributed by atoms with E-state index in [1.54, 1.807) is 0 Å². The monoisotopic (exact) mass is 324 g/mol. The van der Waals surface area contributed by atoms with Crippen LogP contribution in [0.15, 0.2) is 24.3 Å². The van der Waals surface area contributed by atoms with Crippen molar-refractivity contribution in [1.29, 1.82) is 0 Å². The molecule has 1 unspecified atom stereocenters. The first-order valence-corrected chi connectivity index (χ1v) is 10.2. The van der Waals surface area contributed by atoms with Gasteiger partial charge in [0.15, 0.2) is 0 Å². The normalized spacial score (nSPS) is 18.3. The van der Waals surface area contributed by atoms with Crippen LogP contribution in [-0.2, 0) is 13.6 Å². The second-order valence-corrected chi connectivity index (χ2v) is 8.23. The lowest BCUT2D eigenvalue weighted by molar-refractivity contribution is 0.195. The molecule has 0 aromatic heterocycles. The van der Waals surface area contributed by atoms with Crippen LogP contribution in [0.5, 0.6) is 0 Å². The molecule has 3 nitrogen and oxygen atoms in total. The number of rotatable bonds is 7. The smallest absolute Gasteiger partial charge is 0.308 e. The van der Waals surface area contributed by atoms with Crippen molar-refractivity contribution in [3.05, 3.63) is 35.4 Å². The van der Waals surface area contributed by atoms with Crippen LogP contribution in [0.4, 0.5) is 0 Å². The van der Waals surface area contributed by atoms with E-state index in [0.29, 0.717) is 19.1 Å². The Kier molecular flexibility index (Phi) is 6.67. The van der Waals surface area contributed by atoms with Crippen molar-refractivity contribution in [3.63, 3.8) is 0 Å². The van der Waals surface area contributed by atoms with Gasteiger partial charge >= 0.3 is 7.60 Å². The first kappa shape index (κ1) is 17.7. The second kappa shape index (κ2) is 8.29. The van der Waals surface area contributed by atoms with Crippen molar-refractivity contribution in [2.75, 3.05) is 13.2 Å². The highest BCUT2D eigenvalue weighted by molar-refractivity contribution is 7.54. The van der Waals surface area contributed by atoms with Gasteiger partial charge in [0, 0.05) is 0 Å². The third kappa shape index (κ3) is 4.01. The van der Waals surface area contributed by atoms with Crippen molar-refractivity contribution >= 4 is 7.60 Å².